The molecule has 76 valence electrons. The van der Waals surface area contributed by atoms with E-state index in [9.17, 15) is 4.39 Å². The smallest absolute Gasteiger partial charge is 0.128 e. The molecule has 0 radical (unpaired) electrons. The summed E-state index contributed by atoms with van der Waals surface area (Å²) in [5.74, 6) is -0.262. The molecule has 0 aromatic heterocycles. The van der Waals surface area contributed by atoms with E-state index in [0.29, 0.717) is 17.2 Å². The first kappa shape index (κ1) is 9.90. The molecule has 0 aliphatic carbocycles. The third kappa shape index (κ3) is 2.23. The predicted octanol–water partition coefficient (Wildman–Crippen LogP) is 1.97. The minimum atomic E-state index is -0.262. The van der Waals surface area contributed by atoms with Crippen LogP contribution in [0.4, 0.5) is 4.39 Å². The molecule has 2 nitrogen and oxygen atoms in total. The highest BCUT2D eigenvalue weighted by Gasteiger charge is 2.17. The van der Waals surface area contributed by atoms with E-state index in [1.54, 1.807) is 6.07 Å². The maximum Gasteiger partial charge on any atom is 0.128 e. The molecule has 0 atom stereocenters. The van der Waals surface area contributed by atoms with Gasteiger partial charge in [-0.1, -0.05) is 11.6 Å². The van der Waals surface area contributed by atoms with Crippen LogP contribution in [0, 0.1) is 5.82 Å². The molecular formula is C10H11ClFNO. The molecule has 2 rings (SSSR count). The van der Waals surface area contributed by atoms with Crippen molar-refractivity contribution < 1.29 is 9.13 Å². The second kappa shape index (κ2) is 4.26. The zero-order valence-corrected chi connectivity index (χ0v) is 8.35. The van der Waals surface area contributed by atoms with E-state index in [1.165, 1.54) is 12.1 Å². The fourth-order valence-corrected chi connectivity index (χ4v) is 1.44. The van der Waals surface area contributed by atoms with Crippen molar-refractivity contribution in [3.63, 3.8) is 0 Å². The fourth-order valence-electron chi connectivity index (χ4n) is 1.24. The molecular weight excluding hydrogens is 205 g/mol. The first-order valence-corrected chi connectivity index (χ1v) is 4.90. The SMILES string of the molecule is Fc1ccc(Cl)cc1COC1CNC1. The number of nitrogens with one attached hydrogen (secondary N) is 1. The monoisotopic (exact) mass is 215 g/mol. The van der Waals surface area contributed by atoms with E-state index >= 15 is 0 Å². The van der Waals surface area contributed by atoms with Crippen molar-refractivity contribution >= 4 is 11.6 Å². The van der Waals surface area contributed by atoms with Crippen LogP contribution >= 0.6 is 11.6 Å². The number of rotatable bonds is 3. The van der Waals surface area contributed by atoms with E-state index in [-0.39, 0.29) is 11.9 Å². The Balaban J connectivity index is 1.96. The highest BCUT2D eigenvalue weighted by molar-refractivity contribution is 6.30. The Hall–Kier alpha value is -0.640. The van der Waals surface area contributed by atoms with Gasteiger partial charge in [0.15, 0.2) is 0 Å². The maximum absolute atomic E-state index is 13.2. The van der Waals surface area contributed by atoms with Crippen molar-refractivity contribution in [3.05, 3.63) is 34.6 Å². The fraction of sp³-hybridized carbons (Fsp3) is 0.400. The van der Waals surface area contributed by atoms with Crippen LogP contribution in [0.2, 0.25) is 5.02 Å². The lowest BCUT2D eigenvalue weighted by Gasteiger charge is -2.27. The van der Waals surface area contributed by atoms with Gasteiger partial charge in [-0.2, -0.15) is 0 Å². The first-order valence-electron chi connectivity index (χ1n) is 4.52. The van der Waals surface area contributed by atoms with Gasteiger partial charge in [-0.3, -0.25) is 0 Å². The molecule has 0 saturated carbocycles. The van der Waals surface area contributed by atoms with E-state index in [1.807, 2.05) is 0 Å². The average molecular weight is 216 g/mol. The lowest BCUT2D eigenvalue weighted by Crippen LogP contribution is -2.48. The van der Waals surface area contributed by atoms with Gasteiger partial charge in [-0.25, -0.2) is 4.39 Å². The van der Waals surface area contributed by atoms with Gasteiger partial charge in [0.2, 0.25) is 0 Å². The van der Waals surface area contributed by atoms with Gasteiger partial charge in [-0.05, 0) is 18.2 Å². The number of hydrogen-bond donors (Lipinski definition) is 1. The van der Waals surface area contributed by atoms with Gasteiger partial charge in [0.1, 0.15) is 5.82 Å². The molecule has 1 heterocycles. The first-order chi connectivity index (χ1) is 6.75. The van der Waals surface area contributed by atoms with Crippen LogP contribution in [0.5, 0.6) is 0 Å². The minimum absolute atomic E-state index is 0.216. The normalized spacial score (nSPS) is 16.7. The predicted molar refractivity (Wildman–Crippen MR) is 52.9 cm³/mol. The van der Waals surface area contributed by atoms with Gasteiger partial charge in [-0.15, -0.1) is 0 Å². The largest absolute Gasteiger partial charge is 0.371 e. The van der Waals surface area contributed by atoms with Gasteiger partial charge in [0.25, 0.3) is 0 Å². The quantitative estimate of drug-likeness (QED) is 0.833. The van der Waals surface area contributed by atoms with Crippen molar-refractivity contribution in [2.24, 2.45) is 0 Å². The number of hydrogen-bond acceptors (Lipinski definition) is 2. The lowest BCUT2D eigenvalue weighted by molar-refractivity contribution is 0.00638. The Morgan fingerprint density at radius 1 is 1.50 bits per heavy atom. The van der Waals surface area contributed by atoms with Crippen LogP contribution in [0.15, 0.2) is 18.2 Å². The van der Waals surface area contributed by atoms with Crippen molar-refractivity contribution in [2.75, 3.05) is 13.1 Å². The van der Waals surface area contributed by atoms with Crippen LogP contribution in [-0.2, 0) is 11.3 Å². The summed E-state index contributed by atoms with van der Waals surface area (Å²) in [5, 5.41) is 3.62. The van der Waals surface area contributed by atoms with Gasteiger partial charge >= 0.3 is 0 Å². The highest BCUT2D eigenvalue weighted by Crippen LogP contribution is 2.16. The number of ether oxygens (including phenoxy) is 1. The maximum atomic E-state index is 13.2. The van der Waals surface area contributed by atoms with E-state index in [4.69, 9.17) is 16.3 Å². The molecule has 1 aliphatic heterocycles. The van der Waals surface area contributed by atoms with Gasteiger partial charge in [0.05, 0.1) is 12.7 Å². The van der Waals surface area contributed by atoms with Crippen molar-refractivity contribution in [1.82, 2.24) is 5.32 Å². The molecule has 1 aliphatic rings. The van der Waals surface area contributed by atoms with E-state index in [2.05, 4.69) is 5.32 Å². The molecule has 1 aromatic carbocycles. The third-order valence-corrected chi connectivity index (χ3v) is 2.46. The molecule has 0 spiro atoms. The van der Waals surface area contributed by atoms with Crippen molar-refractivity contribution in [2.45, 2.75) is 12.7 Å². The summed E-state index contributed by atoms with van der Waals surface area (Å²) in [6.07, 6.45) is 0.216. The molecule has 4 heteroatoms. The molecule has 1 fully saturated rings. The summed E-state index contributed by atoms with van der Waals surface area (Å²) < 4.78 is 18.6. The Kier molecular flexibility index (Phi) is 3.01. The molecule has 0 amide bonds. The van der Waals surface area contributed by atoms with Crippen LogP contribution in [0.1, 0.15) is 5.56 Å². The van der Waals surface area contributed by atoms with Gasteiger partial charge in [0, 0.05) is 23.7 Å². The topological polar surface area (TPSA) is 21.3 Å². The molecule has 14 heavy (non-hydrogen) atoms. The summed E-state index contributed by atoms with van der Waals surface area (Å²) >= 11 is 5.75. The van der Waals surface area contributed by atoms with Crippen molar-refractivity contribution in [3.8, 4) is 0 Å². The van der Waals surface area contributed by atoms with Crippen molar-refractivity contribution in [1.29, 1.82) is 0 Å². The Morgan fingerprint density at radius 3 is 2.93 bits per heavy atom. The highest BCUT2D eigenvalue weighted by atomic mass is 35.5. The molecule has 1 saturated heterocycles. The molecule has 0 bridgehead atoms. The average Bonchev–Trinajstić information content (AvgIpc) is 2.08. The second-order valence-electron chi connectivity index (χ2n) is 3.33. The summed E-state index contributed by atoms with van der Waals surface area (Å²) in [7, 11) is 0. The van der Waals surface area contributed by atoms with Crippen LogP contribution in [-0.4, -0.2) is 19.2 Å². The Bertz CT molecular complexity index is 328. The lowest BCUT2D eigenvalue weighted by atomic mass is 10.2. The molecule has 1 N–H and O–H groups in total. The zero-order chi connectivity index (χ0) is 9.97. The molecule has 1 aromatic rings. The number of halogens is 2. The summed E-state index contributed by atoms with van der Waals surface area (Å²) in [6, 6.07) is 4.49. The summed E-state index contributed by atoms with van der Waals surface area (Å²) in [6.45, 7) is 1.99. The van der Waals surface area contributed by atoms with Gasteiger partial charge < -0.3 is 10.1 Å². The van der Waals surface area contributed by atoms with E-state index < -0.39 is 0 Å². The van der Waals surface area contributed by atoms with Crippen LogP contribution in [0.25, 0.3) is 0 Å². The van der Waals surface area contributed by atoms with E-state index in [0.717, 1.165) is 13.1 Å². The number of benzene rings is 1. The zero-order valence-electron chi connectivity index (χ0n) is 7.59. The summed E-state index contributed by atoms with van der Waals surface area (Å²) in [5.41, 5.74) is 0.518. The second-order valence-corrected chi connectivity index (χ2v) is 3.76. The minimum Gasteiger partial charge on any atom is -0.371 e. The Morgan fingerprint density at radius 2 is 2.29 bits per heavy atom. The third-order valence-electron chi connectivity index (χ3n) is 2.23. The Labute approximate surface area is 87.0 Å². The summed E-state index contributed by atoms with van der Waals surface area (Å²) in [4.78, 5) is 0. The van der Waals surface area contributed by atoms with Crippen LogP contribution < -0.4 is 5.32 Å². The molecule has 0 unspecified atom stereocenters. The van der Waals surface area contributed by atoms with Crippen LogP contribution in [0.3, 0.4) is 0 Å². The standard InChI is InChI=1S/C10H11ClFNO/c11-8-1-2-10(12)7(3-8)6-14-9-4-13-5-9/h1-3,9,13H,4-6H2.